The van der Waals surface area contributed by atoms with Gasteiger partial charge >= 0.3 is 0 Å². The second-order valence-corrected chi connectivity index (χ2v) is 7.89. The van der Waals surface area contributed by atoms with Crippen LogP contribution in [-0.2, 0) is 0 Å². The number of amides is 2. The number of hydrogen-bond donors (Lipinski definition) is 1. The summed E-state index contributed by atoms with van der Waals surface area (Å²) in [6, 6.07) is 18.7. The second kappa shape index (κ2) is 8.49. The molecule has 29 heavy (non-hydrogen) atoms. The van der Waals surface area contributed by atoms with Crippen molar-refractivity contribution in [3.8, 4) is 5.75 Å². The SMILES string of the molecule is COc1cccc(C2CCCN2C(=O)c2cccc(NC(=O)c3cccs3)c2)c1. The highest BCUT2D eigenvalue weighted by Gasteiger charge is 2.31. The molecule has 1 saturated heterocycles. The molecule has 2 amide bonds. The van der Waals surface area contributed by atoms with Crippen LogP contribution in [0.1, 0.15) is 44.5 Å². The summed E-state index contributed by atoms with van der Waals surface area (Å²) in [6.45, 7) is 0.715. The van der Waals surface area contributed by atoms with Crippen LogP contribution in [-0.4, -0.2) is 30.4 Å². The molecule has 2 heterocycles. The topological polar surface area (TPSA) is 58.6 Å². The standard InChI is InChI=1S/C23H22N2O3S/c1-28-19-9-3-6-16(15-19)20-10-4-12-25(20)23(27)17-7-2-8-18(14-17)24-22(26)21-11-5-13-29-21/h2-3,5-9,11,13-15,20H,4,10,12H2,1H3,(H,24,26). The van der Waals surface area contributed by atoms with Gasteiger partial charge in [-0.15, -0.1) is 11.3 Å². The minimum absolute atomic E-state index is 0.0254. The summed E-state index contributed by atoms with van der Waals surface area (Å²) in [5.41, 5.74) is 2.27. The maximum atomic E-state index is 13.2. The lowest BCUT2D eigenvalue weighted by Crippen LogP contribution is -2.30. The van der Waals surface area contributed by atoms with Crippen LogP contribution in [0.2, 0.25) is 0 Å². The Hall–Kier alpha value is -3.12. The van der Waals surface area contributed by atoms with E-state index in [1.165, 1.54) is 11.3 Å². The van der Waals surface area contributed by atoms with Gasteiger partial charge in [0.1, 0.15) is 5.75 Å². The molecule has 0 radical (unpaired) electrons. The van der Waals surface area contributed by atoms with E-state index < -0.39 is 0 Å². The number of methoxy groups -OCH3 is 1. The van der Waals surface area contributed by atoms with E-state index in [-0.39, 0.29) is 17.9 Å². The van der Waals surface area contributed by atoms with Gasteiger partial charge in [-0.2, -0.15) is 0 Å². The van der Waals surface area contributed by atoms with E-state index in [9.17, 15) is 9.59 Å². The molecule has 3 aromatic rings. The van der Waals surface area contributed by atoms with Crippen molar-refractivity contribution in [3.63, 3.8) is 0 Å². The van der Waals surface area contributed by atoms with Gasteiger partial charge in [0.05, 0.1) is 18.0 Å². The predicted molar refractivity (Wildman–Crippen MR) is 115 cm³/mol. The first kappa shape index (κ1) is 19.2. The smallest absolute Gasteiger partial charge is 0.265 e. The lowest BCUT2D eigenvalue weighted by molar-refractivity contribution is 0.0735. The van der Waals surface area contributed by atoms with Gasteiger partial charge in [-0.05, 0) is 60.2 Å². The molecule has 1 atom stereocenters. The molecule has 0 bridgehead atoms. The Balaban J connectivity index is 1.53. The number of carbonyl (C=O) groups is 2. The highest BCUT2D eigenvalue weighted by atomic mass is 32.1. The van der Waals surface area contributed by atoms with E-state index in [0.717, 1.165) is 24.2 Å². The molecule has 2 aromatic carbocycles. The van der Waals surface area contributed by atoms with Gasteiger partial charge in [-0.3, -0.25) is 9.59 Å². The zero-order chi connectivity index (χ0) is 20.2. The zero-order valence-electron chi connectivity index (χ0n) is 16.1. The van der Waals surface area contributed by atoms with Crippen molar-refractivity contribution in [2.45, 2.75) is 18.9 Å². The van der Waals surface area contributed by atoms with Crippen LogP contribution in [0.3, 0.4) is 0 Å². The molecule has 1 aliphatic heterocycles. The van der Waals surface area contributed by atoms with Crippen molar-refractivity contribution < 1.29 is 14.3 Å². The molecular formula is C23H22N2O3S. The van der Waals surface area contributed by atoms with Crippen molar-refractivity contribution in [1.82, 2.24) is 4.90 Å². The van der Waals surface area contributed by atoms with Crippen molar-refractivity contribution in [1.29, 1.82) is 0 Å². The molecule has 4 rings (SSSR count). The number of thiophene rings is 1. The van der Waals surface area contributed by atoms with Gasteiger partial charge in [0.25, 0.3) is 11.8 Å². The van der Waals surface area contributed by atoms with Crippen LogP contribution < -0.4 is 10.1 Å². The number of benzene rings is 2. The maximum absolute atomic E-state index is 13.2. The van der Waals surface area contributed by atoms with Gasteiger partial charge in [0.15, 0.2) is 0 Å². The van der Waals surface area contributed by atoms with E-state index in [4.69, 9.17) is 4.74 Å². The Labute approximate surface area is 173 Å². The molecule has 1 N–H and O–H groups in total. The van der Waals surface area contributed by atoms with Gasteiger partial charge < -0.3 is 15.0 Å². The molecular weight excluding hydrogens is 384 g/mol. The monoisotopic (exact) mass is 406 g/mol. The molecule has 0 aliphatic carbocycles. The second-order valence-electron chi connectivity index (χ2n) is 6.95. The van der Waals surface area contributed by atoms with E-state index in [2.05, 4.69) is 5.32 Å². The average Bonchev–Trinajstić information content (AvgIpc) is 3.45. The molecule has 0 saturated carbocycles. The fourth-order valence-corrected chi connectivity index (χ4v) is 4.32. The number of rotatable bonds is 5. The van der Waals surface area contributed by atoms with Crippen LogP contribution >= 0.6 is 11.3 Å². The third-order valence-electron chi connectivity index (χ3n) is 5.10. The van der Waals surface area contributed by atoms with Gasteiger partial charge in [0.2, 0.25) is 0 Å². The van der Waals surface area contributed by atoms with Gasteiger partial charge in [-0.25, -0.2) is 0 Å². The fourth-order valence-electron chi connectivity index (χ4n) is 3.70. The minimum Gasteiger partial charge on any atom is -0.497 e. The number of anilines is 1. The predicted octanol–water partition coefficient (Wildman–Crippen LogP) is 4.99. The molecule has 148 valence electrons. The molecule has 1 unspecified atom stereocenters. The minimum atomic E-state index is -0.167. The van der Waals surface area contributed by atoms with Crippen LogP contribution in [0, 0.1) is 0 Å². The molecule has 6 heteroatoms. The third kappa shape index (κ3) is 4.17. The Morgan fingerprint density at radius 2 is 1.97 bits per heavy atom. The van der Waals surface area contributed by atoms with Crippen molar-refractivity contribution in [2.75, 3.05) is 19.0 Å². The van der Waals surface area contributed by atoms with Gasteiger partial charge in [0, 0.05) is 17.8 Å². The first-order chi connectivity index (χ1) is 14.2. The van der Waals surface area contributed by atoms with Gasteiger partial charge in [-0.1, -0.05) is 24.3 Å². The van der Waals surface area contributed by atoms with Crippen molar-refractivity contribution >= 4 is 28.8 Å². The normalized spacial score (nSPS) is 15.9. The summed E-state index contributed by atoms with van der Waals surface area (Å²) in [5.74, 6) is 0.600. The highest BCUT2D eigenvalue weighted by molar-refractivity contribution is 7.12. The lowest BCUT2D eigenvalue weighted by Gasteiger charge is -2.25. The summed E-state index contributed by atoms with van der Waals surface area (Å²) in [7, 11) is 1.65. The molecule has 1 aliphatic rings. The summed E-state index contributed by atoms with van der Waals surface area (Å²) < 4.78 is 5.34. The summed E-state index contributed by atoms with van der Waals surface area (Å²) in [4.78, 5) is 28.1. The number of nitrogens with zero attached hydrogens (tertiary/aromatic N) is 1. The number of nitrogens with one attached hydrogen (secondary N) is 1. The first-order valence-corrected chi connectivity index (χ1v) is 10.4. The number of ether oxygens (including phenoxy) is 1. The summed E-state index contributed by atoms with van der Waals surface area (Å²) in [5, 5.41) is 4.73. The Kier molecular flexibility index (Phi) is 5.62. The number of carbonyl (C=O) groups excluding carboxylic acids is 2. The fraction of sp³-hybridized carbons (Fsp3) is 0.217. The lowest BCUT2D eigenvalue weighted by atomic mass is 10.0. The van der Waals surface area contributed by atoms with Crippen molar-refractivity contribution in [2.24, 2.45) is 0 Å². The largest absolute Gasteiger partial charge is 0.497 e. The van der Waals surface area contributed by atoms with E-state index >= 15 is 0 Å². The van der Waals surface area contributed by atoms with E-state index in [1.54, 1.807) is 37.4 Å². The van der Waals surface area contributed by atoms with Crippen LogP contribution in [0.5, 0.6) is 5.75 Å². The van der Waals surface area contributed by atoms with Crippen LogP contribution in [0.15, 0.2) is 66.0 Å². The van der Waals surface area contributed by atoms with E-state index in [0.29, 0.717) is 22.7 Å². The zero-order valence-corrected chi connectivity index (χ0v) is 16.9. The molecule has 1 aromatic heterocycles. The molecule has 5 nitrogen and oxygen atoms in total. The van der Waals surface area contributed by atoms with Crippen LogP contribution in [0.4, 0.5) is 5.69 Å². The van der Waals surface area contributed by atoms with Crippen LogP contribution in [0.25, 0.3) is 0 Å². The summed E-state index contributed by atoms with van der Waals surface area (Å²) in [6.07, 6.45) is 1.89. The van der Waals surface area contributed by atoms with E-state index in [1.807, 2.05) is 40.6 Å². The molecule has 0 spiro atoms. The maximum Gasteiger partial charge on any atom is 0.265 e. The Bertz CT molecular complexity index is 1020. The third-order valence-corrected chi connectivity index (χ3v) is 5.97. The Morgan fingerprint density at radius 3 is 2.76 bits per heavy atom. The summed E-state index contributed by atoms with van der Waals surface area (Å²) >= 11 is 1.38. The van der Waals surface area contributed by atoms with Crippen molar-refractivity contribution in [3.05, 3.63) is 82.0 Å². The first-order valence-electron chi connectivity index (χ1n) is 9.55. The highest BCUT2D eigenvalue weighted by Crippen LogP contribution is 2.34. The number of hydrogen-bond acceptors (Lipinski definition) is 4. The quantitative estimate of drug-likeness (QED) is 0.650. The number of likely N-dealkylation sites (tertiary alicyclic amines) is 1. The molecule has 1 fully saturated rings. The average molecular weight is 407 g/mol. The Morgan fingerprint density at radius 1 is 1.10 bits per heavy atom.